The molecular weight excluding hydrogens is 610 g/mol. The number of anilines is 1. The van der Waals surface area contributed by atoms with Crippen LogP contribution in [0.2, 0.25) is 0 Å². The van der Waals surface area contributed by atoms with Crippen LogP contribution in [0, 0.1) is 6.92 Å². The van der Waals surface area contributed by atoms with E-state index in [1.54, 1.807) is 45.1 Å². The van der Waals surface area contributed by atoms with E-state index in [2.05, 4.69) is 44.3 Å². The van der Waals surface area contributed by atoms with E-state index in [0.29, 0.717) is 43.3 Å². The topological polar surface area (TPSA) is 200 Å². The van der Waals surface area contributed by atoms with Gasteiger partial charge in [-0.15, -0.1) is 11.3 Å². The van der Waals surface area contributed by atoms with E-state index in [1.165, 1.54) is 19.2 Å². The van der Waals surface area contributed by atoms with Crippen LogP contribution >= 0.6 is 11.3 Å². The average Bonchev–Trinajstić information content (AvgIpc) is 3.61. The molecule has 1 atom stereocenters. The third-order valence-corrected chi connectivity index (χ3v) is 8.69. The first kappa shape index (κ1) is 34.4. The minimum atomic E-state index is -4.02. The molecule has 0 aliphatic carbocycles. The van der Waals surface area contributed by atoms with Crippen LogP contribution in [0.4, 0.5) is 10.6 Å². The number of hydrogen-bond acceptors (Lipinski definition) is 10. The molecule has 0 unspecified atom stereocenters. The lowest BCUT2D eigenvalue weighted by atomic mass is 10.0. The van der Waals surface area contributed by atoms with Crippen LogP contribution in [0.3, 0.4) is 0 Å². The quantitative estimate of drug-likeness (QED) is 0.250. The molecule has 0 radical (unpaired) electrons. The van der Waals surface area contributed by atoms with Gasteiger partial charge in [-0.25, -0.2) is 19.3 Å². The first-order chi connectivity index (χ1) is 20.5. The fourth-order valence-corrected chi connectivity index (χ4v) is 5.58. The van der Waals surface area contributed by atoms with Crippen LogP contribution in [0.1, 0.15) is 49.2 Å². The summed E-state index contributed by atoms with van der Waals surface area (Å²) in [6.07, 6.45) is 5.41. The number of thiazole rings is 1. The summed E-state index contributed by atoms with van der Waals surface area (Å²) in [7, 11) is -2.68. The molecule has 1 aromatic carbocycles. The van der Waals surface area contributed by atoms with Gasteiger partial charge in [0.15, 0.2) is 5.82 Å². The van der Waals surface area contributed by atoms with Crippen molar-refractivity contribution in [3.8, 4) is 11.4 Å². The van der Waals surface area contributed by atoms with Gasteiger partial charge in [-0.3, -0.25) is 9.35 Å². The highest BCUT2D eigenvalue weighted by molar-refractivity contribution is 7.85. The first-order valence-electron chi connectivity index (χ1n) is 13.7. The van der Waals surface area contributed by atoms with Crippen LogP contribution in [-0.4, -0.2) is 87.2 Å². The Hall–Kier alpha value is -4.12. The number of ether oxygens (including phenoxy) is 1. The number of hydrogen-bond donors (Lipinski definition) is 3. The highest BCUT2D eigenvalue weighted by Crippen LogP contribution is 2.27. The number of aryl methyl sites for hydroxylation is 1. The zero-order valence-corrected chi connectivity index (χ0v) is 26.5. The van der Waals surface area contributed by atoms with Gasteiger partial charge in [-0.1, -0.05) is 24.6 Å². The zero-order valence-electron chi connectivity index (χ0n) is 24.9. The van der Waals surface area contributed by atoms with Crippen molar-refractivity contribution in [1.29, 1.82) is 0 Å². The molecule has 4 aromatic rings. The molecule has 1 saturated heterocycles. The molecule has 14 nitrogen and oxygen atoms in total. The first-order valence-corrected chi connectivity index (χ1v) is 16.0. The number of aromatic nitrogens is 4. The number of likely N-dealkylation sites (tertiary alicyclic amines) is 1. The van der Waals surface area contributed by atoms with E-state index >= 15 is 0 Å². The number of alkyl carbamates (subject to hydrolysis) is 1. The maximum absolute atomic E-state index is 13.3. The summed E-state index contributed by atoms with van der Waals surface area (Å²) in [5.74, 6) is 0.944. The van der Waals surface area contributed by atoms with E-state index in [1.807, 2.05) is 18.5 Å². The summed E-state index contributed by atoms with van der Waals surface area (Å²) in [4.78, 5) is 36.7. The summed E-state index contributed by atoms with van der Waals surface area (Å²) in [6, 6.07) is 7.90. The van der Waals surface area contributed by atoms with E-state index in [-0.39, 0.29) is 28.4 Å². The Morgan fingerprint density at radius 3 is 2.48 bits per heavy atom. The largest absolute Gasteiger partial charge is 0.453 e. The summed E-state index contributed by atoms with van der Waals surface area (Å²) in [6.45, 7) is 7.06. The van der Waals surface area contributed by atoms with Gasteiger partial charge in [0.25, 0.3) is 16.0 Å². The smallest absolute Gasteiger partial charge is 0.407 e. The molecule has 3 aromatic heterocycles. The van der Waals surface area contributed by atoms with E-state index < -0.39 is 16.2 Å². The van der Waals surface area contributed by atoms with E-state index in [4.69, 9.17) is 4.55 Å². The highest BCUT2D eigenvalue weighted by Gasteiger charge is 2.27. The number of amides is 2. The number of benzene rings is 1. The van der Waals surface area contributed by atoms with Crippen LogP contribution in [0.25, 0.3) is 16.2 Å². The Balaban J connectivity index is 0.000000374. The van der Waals surface area contributed by atoms with Crippen molar-refractivity contribution in [3.05, 3.63) is 59.4 Å². The predicted molar refractivity (Wildman–Crippen MR) is 167 cm³/mol. The van der Waals surface area contributed by atoms with Gasteiger partial charge in [-0.2, -0.15) is 13.5 Å². The van der Waals surface area contributed by atoms with Crippen LogP contribution < -0.4 is 10.6 Å². The maximum Gasteiger partial charge on any atom is 0.407 e. The molecule has 2 amide bonds. The van der Waals surface area contributed by atoms with Crippen molar-refractivity contribution in [2.75, 3.05) is 25.5 Å². The Labute approximate surface area is 259 Å². The number of fused-ring (bicyclic) bond motifs is 1. The van der Waals surface area contributed by atoms with Gasteiger partial charge in [0.1, 0.15) is 16.3 Å². The SMILES string of the molecule is CC[C@@H](C)Nc1cc(C(=O)N2CCC(NC(=O)OC)CC2)nc(-c2cnn3ccsc23)n1.Cc1ccc(S(=O)(=O)O)cc1.O. The van der Waals surface area contributed by atoms with Crippen molar-refractivity contribution in [2.24, 2.45) is 0 Å². The molecule has 1 aliphatic rings. The second-order valence-corrected chi connectivity index (χ2v) is 12.4. The van der Waals surface area contributed by atoms with Gasteiger partial charge in [0.05, 0.1) is 23.8 Å². The molecule has 5 N–H and O–H groups in total. The number of nitrogens with zero attached hydrogens (tertiary/aromatic N) is 5. The lowest BCUT2D eigenvalue weighted by Gasteiger charge is -2.32. The predicted octanol–water partition coefficient (Wildman–Crippen LogP) is 3.44. The van der Waals surface area contributed by atoms with Gasteiger partial charge in [-0.05, 0) is 45.2 Å². The van der Waals surface area contributed by atoms with Crippen molar-refractivity contribution in [3.63, 3.8) is 0 Å². The number of rotatable bonds is 7. The fourth-order valence-electron chi connectivity index (χ4n) is 4.31. The Bertz CT molecular complexity index is 1670. The highest BCUT2D eigenvalue weighted by atomic mass is 32.2. The van der Waals surface area contributed by atoms with Crippen molar-refractivity contribution < 1.29 is 32.8 Å². The molecule has 1 fully saturated rings. The monoisotopic (exact) mass is 647 g/mol. The zero-order chi connectivity index (χ0) is 31.1. The number of carbonyl (C=O) groups is 2. The van der Waals surface area contributed by atoms with Gasteiger partial charge in [0, 0.05) is 42.8 Å². The lowest BCUT2D eigenvalue weighted by molar-refractivity contribution is 0.0698. The molecule has 0 saturated carbocycles. The summed E-state index contributed by atoms with van der Waals surface area (Å²) >= 11 is 1.55. The Morgan fingerprint density at radius 2 is 1.86 bits per heavy atom. The van der Waals surface area contributed by atoms with E-state index in [0.717, 1.165) is 22.4 Å². The normalized spacial score (nSPS) is 14.2. The number of nitrogens with one attached hydrogen (secondary N) is 2. The summed E-state index contributed by atoms with van der Waals surface area (Å²) in [5.41, 5.74) is 2.09. The molecule has 0 spiro atoms. The Kier molecular flexibility index (Phi) is 11.8. The van der Waals surface area contributed by atoms with E-state index in [9.17, 15) is 18.0 Å². The molecule has 44 heavy (non-hydrogen) atoms. The third kappa shape index (κ3) is 8.72. The molecule has 5 rings (SSSR count). The number of carbonyl (C=O) groups excluding carboxylic acids is 2. The molecule has 16 heteroatoms. The van der Waals surface area contributed by atoms with Gasteiger partial charge >= 0.3 is 6.09 Å². The van der Waals surface area contributed by atoms with Crippen LogP contribution in [0.5, 0.6) is 0 Å². The number of piperidine rings is 1. The Morgan fingerprint density at radius 1 is 1.18 bits per heavy atom. The molecular formula is C28H37N7O7S2. The number of methoxy groups -OCH3 is 1. The second kappa shape index (κ2) is 15.1. The van der Waals surface area contributed by atoms with Crippen LogP contribution in [0.15, 0.2) is 53.0 Å². The molecule has 1 aliphatic heterocycles. The van der Waals surface area contributed by atoms with Gasteiger partial charge < -0.3 is 25.7 Å². The minimum absolute atomic E-state index is 0. The molecule has 238 valence electrons. The van der Waals surface area contributed by atoms with Crippen molar-refractivity contribution >= 4 is 44.1 Å². The average molecular weight is 648 g/mol. The van der Waals surface area contributed by atoms with Gasteiger partial charge in [0.2, 0.25) is 0 Å². The molecule has 0 bridgehead atoms. The second-order valence-electron chi connectivity index (χ2n) is 10.1. The van der Waals surface area contributed by atoms with Crippen molar-refractivity contribution in [2.45, 2.75) is 57.0 Å². The molecule has 4 heterocycles. The van der Waals surface area contributed by atoms with Crippen LogP contribution in [-0.2, 0) is 14.9 Å². The van der Waals surface area contributed by atoms with Crippen molar-refractivity contribution in [1.82, 2.24) is 29.8 Å². The minimum Gasteiger partial charge on any atom is -0.453 e. The third-order valence-electron chi connectivity index (χ3n) is 6.93. The summed E-state index contributed by atoms with van der Waals surface area (Å²) < 4.78 is 36.0. The standard InChI is InChI=1S/C21H27N7O3S.C7H8O3S.H2O/c1-4-13(2)23-17-11-16(19(29)27-7-5-14(6-8-27)24-21(30)31-3)25-18(26-17)15-12-22-28-9-10-32-20(15)28;1-6-2-4-7(5-3-6)11(8,9)10;/h9-14H,4-8H2,1-3H3,(H,24,30)(H,23,25,26);2-5H,1H3,(H,8,9,10);1H2/t13-;;/m1../s1. The summed E-state index contributed by atoms with van der Waals surface area (Å²) in [5, 5.41) is 12.5. The lowest BCUT2D eigenvalue weighted by Crippen LogP contribution is -2.46. The maximum atomic E-state index is 13.3. The fraction of sp³-hybridized carbons (Fsp3) is 0.393.